The van der Waals surface area contributed by atoms with Crippen LogP contribution in [-0.2, 0) is 9.59 Å². The molecule has 1 aromatic rings. The SMILES string of the molecule is Cc1cc(N2C(=O)[C@@H]3[C@@H]4C[C@@H](CN4C(=O)C4CC4)N3C2=O)cnc1C#N. The second-order valence-corrected chi connectivity index (χ2v) is 7.50. The third-order valence-electron chi connectivity index (χ3n) is 5.90. The van der Waals surface area contributed by atoms with Crippen molar-refractivity contribution >= 4 is 23.5 Å². The molecule has 1 aromatic heterocycles. The molecular formula is C18H17N5O3. The van der Waals surface area contributed by atoms with Gasteiger partial charge in [0.1, 0.15) is 17.8 Å². The lowest BCUT2D eigenvalue weighted by molar-refractivity contribution is -0.136. The fraction of sp³-hybridized carbons (Fsp3) is 0.500. The van der Waals surface area contributed by atoms with Crippen LogP contribution in [0, 0.1) is 24.2 Å². The molecule has 4 heterocycles. The van der Waals surface area contributed by atoms with Gasteiger partial charge in [-0.15, -0.1) is 0 Å². The maximum absolute atomic E-state index is 13.0. The Morgan fingerprint density at radius 2 is 2.12 bits per heavy atom. The summed E-state index contributed by atoms with van der Waals surface area (Å²) < 4.78 is 0. The fourth-order valence-corrected chi connectivity index (χ4v) is 4.51. The van der Waals surface area contributed by atoms with Crippen molar-refractivity contribution in [2.24, 2.45) is 5.92 Å². The highest BCUT2D eigenvalue weighted by molar-refractivity contribution is 6.22. The molecule has 3 atom stereocenters. The lowest BCUT2D eigenvalue weighted by atomic mass is 10.1. The first-order valence-electron chi connectivity index (χ1n) is 8.84. The van der Waals surface area contributed by atoms with Gasteiger partial charge < -0.3 is 9.80 Å². The molecule has 1 saturated carbocycles. The monoisotopic (exact) mass is 351 g/mol. The molecule has 8 heteroatoms. The van der Waals surface area contributed by atoms with Gasteiger partial charge in [-0.2, -0.15) is 5.26 Å². The van der Waals surface area contributed by atoms with Gasteiger partial charge in [0.2, 0.25) is 5.91 Å². The Balaban J connectivity index is 1.47. The molecule has 8 nitrogen and oxygen atoms in total. The summed E-state index contributed by atoms with van der Waals surface area (Å²) in [7, 11) is 0. The summed E-state index contributed by atoms with van der Waals surface area (Å²) >= 11 is 0. The molecule has 4 amide bonds. The molecule has 4 aliphatic rings. The van der Waals surface area contributed by atoms with Crippen LogP contribution in [0.4, 0.5) is 10.5 Å². The van der Waals surface area contributed by atoms with Crippen LogP contribution in [0.5, 0.6) is 0 Å². The van der Waals surface area contributed by atoms with Gasteiger partial charge in [0, 0.05) is 12.5 Å². The number of carbonyl (C=O) groups is 3. The number of nitriles is 1. The highest BCUT2D eigenvalue weighted by Gasteiger charge is 2.63. The zero-order chi connectivity index (χ0) is 18.2. The number of rotatable bonds is 2. The number of imide groups is 1. The quantitative estimate of drug-likeness (QED) is 0.734. The molecule has 5 rings (SSSR count). The maximum Gasteiger partial charge on any atom is 0.332 e. The zero-order valence-electron chi connectivity index (χ0n) is 14.3. The predicted molar refractivity (Wildman–Crippen MR) is 88.8 cm³/mol. The smallest absolute Gasteiger partial charge is 0.332 e. The third kappa shape index (κ3) is 1.88. The molecule has 1 aliphatic carbocycles. The maximum atomic E-state index is 13.0. The van der Waals surface area contributed by atoms with Crippen LogP contribution in [0.3, 0.4) is 0 Å². The van der Waals surface area contributed by atoms with E-state index in [2.05, 4.69) is 4.98 Å². The summed E-state index contributed by atoms with van der Waals surface area (Å²) in [5.74, 6) is -0.0649. The van der Waals surface area contributed by atoms with Gasteiger partial charge in [-0.3, -0.25) is 9.59 Å². The molecule has 3 aliphatic heterocycles. The Labute approximate surface area is 150 Å². The third-order valence-corrected chi connectivity index (χ3v) is 5.90. The fourth-order valence-electron chi connectivity index (χ4n) is 4.51. The summed E-state index contributed by atoms with van der Waals surface area (Å²) in [6.07, 6.45) is 3.92. The normalized spacial score (nSPS) is 29.4. The van der Waals surface area contributed by atoms with E-state index in [1.165, 1.54) is 6.20 Å². The number of piperazine rings is 1. The Hall–Kier alpha value is -2.95. The van der Waals surface area contributed by atoms with E-state index >= 15 is 0 Å². The van der Waals surface area contributed by atoms with Gasteiger partial charge in [-0.05, 0) is 37.8 Å². The number of hydrogen-bond acceptors (Lipinski definition) is 5. The number of anilines is 1. The first-order chi connectivity index (χ1) is 12.5. The van der Waals surface area contributed by atoms with Crippen molar-refractivity contribution in [3.05, 3.63) is 23.5 Å². The van der Waals surface area contributed by atoms with Gasteiger partial charge in [0.05, 0.1) is 24.0 Å². The minimum Gasteiger partial charge on any atom is -0.335 e. The molecule has 0 radical (unpaired) electrons. The van der Waals surface area contributed by atoms with E-state index in [0.29, 0.717) is 24.2 Å². The van der Waals surface area contributed by atoms with Crippen LogP contribution < -0.4 is 4.90 Å². The number of urea groups is 1. The van der Waals surface area contributed by atoms with Crippen LogP contribution in [0.2, 0.25) is 0 Å². The number of aryl methyl sites for hydroxylation is 1. The average molecular weight is 351 g/mol. The molecule has 0 N–H and O–H groups in total. The average Bonchev–Trinajstić information content (AvgIpc) is 3.21. The van der Waals surface area contributed by atoms with Crippen molar-refractivity contribution < 1.29 is 14.4 Å². The number of likely N-dealkylation sites (tertiary alicyclic amines) is 1. The number of pyridine rings is 1. The zero-order valence-corrected chi connectivity index (χ0v) is 14.3. The van der Waals surface area contributed by atoms with E-state index in [-0.39, 0.29) is 41.5 Å². The molecule has 0 unspecified atom stereocenters. The number of amides is 4. The Morgan fingerprint density at radius 3 is 2.77 bits per heavy atom. The molecule has 2 bridgehead atoms. The van der Waals surface area contributed by atoms with Crippen molar-refractivity contribution in [2.45, 2.75) is 44.3 Å². The molecular weight excluding hydrogens is 334 g/mol. The van der Waals surface area contributed by atoms with E-state index in [0.717, 1.165) is 17.7 Å². The van der Waals surface area contributed by atoms with Crippen molar-refractivity contribution in [2.75, 3.05) is 11.4 Å². The van der Waals surface area contributed by atoms with Gasteiger partial charge in [0.25, 0.3) is 5.91 Å². The molecule has 4 fully saturated rings. The van der Waals surface area contributed by atoms with Gasteiger partial charge in [0.15, 0.2) is 0 Å². The van der Waals surface area contributed by atoms with Crippen molar-refractivity contribution in [1.29, 1.82) is 5.26 Å². The first kappa shape index (κ1) is 15.3. The molecule has 132 valence electrons. The Morgan fingerprint density at radius 1 is 1.35 bits per heavy atom. The Bertz CT molecular complexity index is 903. The van der Waals surface area contributed by atoms with E-state index < -0.39 is 6.04 Å². The number of aromatic nitrogens is 1. The summed E-state index contributed by atoms with van der Waals surface area (Å²) in [5.41, 5.74) is 1.27. The van der Waals surface area contributed by atoms with Crippen LogP contribution in [0.15, 0.2) is 12.3 Å². The molecule has 3 saturated heterocycles. The van der Waals surface area contributed by atoms with E-state index in [4.69, 9.17) is 5.26 Å². The van der Waals surface area contributed by atoms with Gasteiger partial charge >= 0.3 is 6.03 Å². The predicted octanol–water partition coefficient (Wildman–Crippen LogP) is 0.792. The van der Waals surface area contributed by atoms with Crippen molar-refractivity contribution in [1.82, 2.24) is 14.8 Å². The molecule has 0 aromatic carbocycles. The standard InChI is InChI=1S/C18H17N5O3/c1-9-4-11(7-20-13(9)6-19)23-17(25)15-14-5-12(22(15)18(23)26)8-21(14)16(24)10-2-3-10/h4,7,10,12,14-15H,2-3,5,8H2,1H3/t12-,14-,15-/m0/s1. The summed E-state index contributed by atoms with van der Waals surface area (Å²) in [5, 5.41) is 9.01. The van der Waals surface area contributed by atoms with Crippen LogP contribution in [-0.4, -0.2) is 57.3 Å². The minimum absolute atomic E-state index is 0.0958. The van der Waals surface area contributed by atoms with Crippen molar-refractivity contribution in [3.8, 4) is 6.07 Å². The highest BCUT2D eigenvalue weighted by atomic mass is 16.2. The number of nitrogens with zero attached hydrogens (tertiary/aromatic N) is 5. The van der Waals surface area contributed by atoms with E-state index in [9.17, 15) is 14.4 Å². The second kappa shape index (κ2) is 5.04. The molecule has 26 heavy (non-hydrogen) atoms. The minimum atomic E-state index is -0.597. The lowest BCUT2D eigenvalue weighted by Crippen LogP contribution is -2.55. The largest absolute Gasteiger partial charge is 0.335 e. The van der Waals surface area contributed by atoms with Gasteiger partial charge in [-0.25, -0.2) is 14.7 Å². The van der Waals surface area contributed by atoms with Gasteiger partial charge in [-0.1, -0.05) is 0 Å². The number of fused-ring (bicyclic) bond motifs is 5. The summed E-state index contributed by atoms with van der Waals surface area (Å²) in [4.78, 5) is 47.1. The Kier molecular flexibility index (Phi) is 2.97. The van der Waals surface area contributed by atoms with Crippen LogP contribution in [0.1, 0.15) is 30.5 Å². The number of carbonyl (C=O) groups excluding carboxylic acids is 3. The first-order valence-corrected chi connectivity index (χ1v) is 8.84. The lowest BCUT2D eigenvalue weighted by Gasteiger charge is -2.35. The second-order valence-electron chi connectivity index (χ2n) is 7.50. The topological polar surface area (TPSA) is 97.6 Å². The van der Waals surface area contributed by atoms with Crippen LogP contribution >= 0.6 is 0 Å². The number of hydrogen-bond donors (Lipinski definition) is 0. The summed E-state index contributed by atoms with van der Waals surface area (Å²) in [6, 6.07) is 2.35. The summed E-state index contributed by atoms with van der Waals surface area (Å²) in [6.45, 7) is 2.24. The highest BCUT2D eigenvalue weighted by Crippen LogP contribution is 2.44. The molecule has 0 spiro atoms. The van der Waals surface area contributed by atoms with E-state index in [1.807, 2.05) is 11.0 Å². The van der Waals surface area contributed by atoms with E-state index in [1.54, 1.807) is 17.9 Å². The van der Waals surface area contributed by atoms with Crippen LogP contribution in [0.25, 0.3) is 0 Å². The van der Waals surface area contributed by atoms with Crippen molar-refractivity contribution in [3.63, 3.8) is 0 Å².